The van der Waals surface area contributed by atoms with Crippen molar-refractivity contribution < 1.29 is 9.53 Å². The quantitative estimate of drug-likeness (QED) is 0.587. The predicted molar refractivity (Wildman–Crippen MR) is 78.0 cm³/mol. The summed E-state index contributed by atoms with van der Waals surface area (Å²) >= 11 is 0. The van der Waals surface area contributed by atoms with Crippen molar-refractivity contribution in [1.29, 1.82) is 0 Å². The van der Waals surface area contributed by atoms with Crippen molar-refractivity contribution in [2.45, 2.75) is 45.4 Å². The fourth-order valence-corrected chi connectivity index (χ4v) is 2.84. The fourth-order valence-electron chi connectivity index (χ4n) is 2.84. The second kappa shape index (κ2) is 6.05. The van der Waals surface area contributed by atoms with E-state index in [1.54, 1.807) is 7.11 Å². The maximum atomic E-state index is 12.5. The lowest BCUT2D eigenvalue weighted by Crippen LogP contribution is -2.13. The van der Waals surface area contributed by atoms with Crippen molar-refractivity contribution in [3.05, 3.63) is 41.0 Å². The van der Waals surface area contributed by atoms with E-state index in [0.717, 1.165) is 49.0 Å². The Morgan fingerprint density at radius 1 is 1.26 bits per heavy atom. The summed E-state index contributed by atoms with van der Waals surface area (Å²) in [7, 11) is 1.70. The zero-order chi connectivity index (χ0) is 13.8. The second-order valence-corrected chi connectivity index (χ2v) is 5.16. The molecule has 2 heteroatoms. The van der Waals surface area contributed by atoms with Gasteiger partial charge in [-0.15, -0.1) is 0 Å². The van der Waals surface area contributed by atoms with Gasteiger partial charge in [-0.3, -0.25) is 4.79 Å². The molecule has 0 saturated heterocycles. The van der Waals surface area contributed by atoms with E-state index in [4.69, 9.17) is 4.74 Å². The van der Waals surface area contributed by atoms with E-state index in [2.05, 4.69) is 13.5 Å². The number of allylic oxidation sites excluding steroid dienone is 1. The number of rotatable bonds is 5. The van der Waals surface area contributed by atoms with Crippen molar-refractivity contribution in [2.75, 3.05) is 7.11 Å². The molecule has 1 aromatic carbocycles. The van der Waals surface area contributed by atoms with Crippen LogP contribution in [0.3, 0.4) is 0 Å². The molecule has 0 radical (unpaired) electrons. The lowest BCUT2D eigenvalue weighted by atomic mass is 9.85. The van der Waals surface area contributed by atoms with E-state index in [0.29, 0.717) is 0 Å². The van der Waals surface area contributed by atoms with E-state index in [9.17, 15) is 4.79 Å². The molecule has 0 spiro atoms. The normalized spacial score (nSPS) is 13.8. The molecule has 0 unspecified atom stereocenters. The highest BCUT2D eigenvalue weighted by Gasteiger charge is 2.21. The first-order valence-electron chi connectivity index (χ1n) is 7.10. The largest absolute Gasteiger partial charge is 0.496 e. The van der Waals surface area contributed by atoms with Crippen LogP contribution in [0.2, 0.25) is 0 Å². The van der Waals surface area contributed by atoms with Crippen LogP contribution in [0.1, 0.15) is 54.1 Å². The van der Waals surface area contributed by atoms with Gasteiger partial charge in [0, 0.05) is 5.56 Å². The molecule has 102 valence electrons. The van der Waals surface area contributed by atoms with E-state index in [1.165, 1.54) is 17.5 Å². The van der Waals surface area contributed by atoms with Gasteiger partial charge >= 0.3 is 0 Å². The van der Waals surface area contributed by atoms with Gasteiger partial charge in [0.05, 0.1) is 7.11 Å². The summed E-state index contributed by atoms with van der Waals surface area (Å²) < 4.78 is 5.42. The first kappa shape index (κ1) is 13.9. The number of carbonyl (C=O) groups excluding carboxylic acids is 1. The van der Waals surface area contributed by atoms with Crippen LogP contribution in [-0.2, 0) is 12.8 Å². The third kappa shape index (κ3) is 2.73. The van der Waals surface area contributed by atoms with Crippen molar-refractivity contribution >= 4 is 5.78 Å². The van der Waals surface area contributed by atoms with E-state index >= 15 is 0 Å². The first-order valence-corrected chi connectivity index (χ1v) is 7.10. The number of hydrogen-bond donors (Lipinski definition) is 0. The third-order valence-electron chi connectivity index (χ3n) is 3.83. The number of hydrogen-bond acceptors (Lipinski definition) is 2. The zero-order valence-electron chi connectivity index (χ0n) is 11.9. The number of carbonyl (C=O) groups is 1. The molecule has 0 saturated carbocycles. The molecule has 2 rings (SSSR count). The van der Waals surface area contributed by atoms with Crippen molar-refractivity contribution in [3.63, 3.8) is 0 Å². The van der Waals surface area contributed by atoms with Crippen LogP contribution in [0, 0.1) is 0 Å². The number of Topliss-reactive ketones (excluding diaryl/α,β-unsaturated/α-hetero) is 1. The number of fused-ring (bicyclic) bond motifs is 1. The molecule has 0 amide bonds. The Kier molecular flexibility index (Phi) is 4.41. The first-order chi connectivity index (χ1) is 9.19. The Labute approximate surface area is 115 Å². The molecule has 0 fully saturated rings. The number of benzene rings is 1. The summed E-state index contributed by atoms with van der Waals surface area (Å²) in [5.41, 5.74) is 3.98. The highest BCUT2D eigenvalue weighted by atomic mass is 16.5. The van der Waals surface area contributed by atoms with E-state index in [1.807, 2.05) is 12.1 Å². The smallest absolute Gasteiger partial charge is 0.188 e. The molecule has 1 aliphatic rings. The summed E-state index contributed by atoms with van der Waals surface area (Å²) in [5, 5.41) is 0. The Bertz CT molecular complexity index is 500. The summed E-state index contributed by atoms with van der Waals surface area (Å²) in [6.07, 6.45) is 6.06. The highest BCUT2D eigenvalue weighted by molar-refractivity contribution is 6.09. The number of ketones is 1. The van der Waals surface area contributed by atoms with Crippen LogP contribution in [-0.4, -0.2) is 12.9 Å². The van der Waals surface area contributed by atoms with Gasteiger partial charge in [-0.1, -0.05) is 19.9 Å². The standard InChI is InChI=1S/C17H22O2/c1-4-7-12(2)17(18)15-10-11-16(19-3)14-9-6-5-8-13(14)15/h10-11H,2,4-9H2,1,3H3. The lowest BCUT2D eigenvalue weighted by molar-refractivity contribution is 0.103. The van der Waals surface area contributed by atoms with Crippen LogP contribution < -0.4 is 4.74 Å². The van der Waals surface area contributed by atoms with E-state index < -0.39 is 0 Å². The molecule has 0 heterocycles. The van der Waals surface area contributed by atoms with Gasteiger partial charge in [-0.05, 0) is 60.9 Å². The van der Waals surface area contributed by atoms with Gasteiger partial charge < -0.3 is 4.74 Å². The van der Waals surface area contributed by atoms with Crippen LogP contribution in [0.5, 0.6) is 5.75 Å². The Morgan fingerprint density at radius 3 is 2.58 bits per heavy atom. The van der Waals surface area contributed by atoms with Crippen LogP contribution >= 0.6 is 0 Å². The van der Waals surface area contributed by atoms with Crippen molar-refractivity contribution in [2.24, 2.45) is 0 Å². The molecule has 0 N–H and O–H groups in total. The summed E-state index contributed by atoms with van der Waals surface area (Å²) in [6.45, 7) is 6.00. The van der Waals surface area contributed by atoms with Crippen LogP contribution in [0.25, 0.3) is 0 Å². The minimum Gasteiger partial charge on any atom is -0.496 e. The van der Waals surface area contributed by atoms with Gasteiger partial charge in [0.2, 0.25) is 0 Å². The van der Waals surface area contributed by atoms with Gasteiger partial charge in [0.15, 0.2) is 5.78 Å². The van der Waals surface area contributed by atoms with Crippen molar-refractivity contribution in [1.82, 2.24) is 0 Å². The molecule has 2 nitrogen and oxygen atoms in total. The minimum absolute atomic E-state index is 0.114. The van der Waals surface area contributed by atoms with Crippen molar-refractivity contribution in [3.8, 4) is 5.75 Å². The summed E-state index contributed by atoms with van der Waals surface area (Å²) in [4.78, 5) is 12.5. The number of ether oxygens (including phenoxy) is 1. The molecular formula is C17H22O2. The van der Waals surface area contributed by atoms with Gasteiger partial charge in [-0.25, -0.2) is 0 Å². The predicted octanol–water partition coefficient (Wildman–Crippen LogP) is 4.11. The molecular weight excluding hydrogens is 236 g/mol. The average molecular weight is 258 g/mol. The lowest BCUT2D eigenvalue weighted by Gasteiger charge is -2.21. The van der Waals surface area contributed by atoms with Gasteiger partial charge in [-0.2, -0.15) is 0 Å². The molecule has 0 bridgehead atoms. The molecule has 0 aromatic heterocycles. The highest BCUT2D eigenvalue weighted by Crippen LogP contribution is 2.33. The Hall–Kier alpha value is -1.57. The summed E-state index contributed by atoms with van der Waals surface area (Å²) in [6, 6.07) is 3.84. The monoisotopic (exact) mass is 258 g/mol. The minimum atomic E-state index is 0.114. The molecule has 1 aromatic rings. The van der Waals surface area contributed by atoms with Crippen LogP contribution in [0.4, 0.5) is 0 Å². The summed E-state index contributed by atoms with van der Waals surface area (Å²) in [5.74, 6) is 1.04. The third-order valence-corrected chi connectivity index (χ3v) is 3.83. The Balaban J connectivity index is 2.41. The Morgan fingerprint density at radius 2 is 1.95 bits per heavy atom. The maximum Gasteiger partial charge on any atom is 0.188 e. The molecule has 0 atom stereocenters. The van der Waals surface area contributed by atoms with Gasteiger partial charge in [0.25, 0.3) is 0 Å². The SMILES string of the molecule is C=C(CCC)C(=O)c1ccc(OC)c2c1CCCC2. The molecule has 0 aliphatic heterocycles. The number of methoxy groups -OCH3 is 1. The fraction of sp³-hybridized carbons (Fsp3) is 0.471. The zero-order valence-corrected chi connectivity index (χ0v) is 11.9. The van der Waals surface area contributed by atoms with Gasteiger partial charge in [0.1, 0.15) is 5.75 Å². The topological polar surface area (TPSA) is 26.3 Å². The maximum absolute atomic E-state index is 12.5. The molecule has 1 aliphatic carbocycles. The molecule has 19 heavy (non-hydrogen) atoms. The average Bonchev–Trinajstić information content (AvgIpc) is 2.45. The van der Waals surface area contributed by atoms with Crippen LogP contribution in [0.15, 0.2) is 24.3 Å². The van der Waals surface area contributed by atoms with E-state index in [-0.39, 0.29) is 5.78 Å². The second-order valence-electron chi connectivity index (χ2n) is 5.16.